The van der Waals surface area contributed by atoms with Crippen molar-refractivity contribution in [2.45, 2.75) is 77.2 Å². The normalized spacial score (nSPS) is 11.8. The molecule has 3 N–H and O–H groups in total. The van der Waals surface area contributed by atoms with Crippen LogP contribution in [0.25, 0.3) is 0 Å². The Morgan fingerprint density at radius 2 is 1.71 bits per heavy atom. The Labute approximate surface area is 185 Å². The fraction of sp³-hybridized carbons (Fsp3) is 0.542. The molecule has 0 aliphatic carbocycles. The monoisotopic (exact) mass is 432 g/mol. The van der Waals surface area contributed by atoms with Crippen molar-refractivity contribution in [3.05, 3.63) is 47.5 Å². The van der Waals surface area contributed by atoms with Gasteiger partial charge in [-0.3, -0.25) is 14.8 Å². The average molecular weight is 433 g/mol. The second-order valence-corrected chi connectivity index (χ2v) is 7.63. The van der Waals surface area contributed by atoms with Crippen molar-refractivity contribution in [2.24, 2.45) is 0 Å². The molecule has 1 aromatic carbocycles. The van der Waals surface area contributed by atoms with E-state index in [-0.39, 0.29) is 11.9 Å². The van der Waals surface area contributed by atoms with Gasteiger partial charge in [0.1, 0.15) is 6.04 Å². The van der Waals surface area contributed by atoms with Crippen LogP contribution in [-0.4, -0.2) is 36.1 Å². The fourth-order valence-corrected chi connectivity index (χ4v) is 3.19. The number of carbonyl (C=O) groups excluding carboxylic acids is 3. The van der Waals surface area contributed by atoms with Gasteiger partial charge < -0.3 is 10.1 Å². The number of aryl methyl sites for hydroxylation is 1. The van der Waals surface area contributed by atoms with Gasteiger partial charge in [0.25, 0.3) is 5.91 Å². The molecule has 0 heterocycles. The molecule has 0 fully saturated rings. The maximum Gasteiger partial charge on any atom is 0.337 e. The first-order valence-electron chi connectivity index (χ1n) is 11.0. The SMILES string of the molecule is COC(=O)c1cccc(CCC/C=C/CCCCCCCC(=O)NC(C)C(=O)NO)c1. The number of carbonyl (C=O) groups is 3. The molecule has 0 saturated carbocycles. The van der Waals surface area contributed by atoms with E-state index in [4.69, 9.17) is 9.94 Å². The zero-order valence-corrected chi connectivity index (χ0v) is 18.7. The lowest BCUT2D eigenvalue weighted by atomic mass is 10.0. The minimum atomic E-state index is -0.727. The summed E-state index contributed by atoms with van der Waals surface area (Å²) in [5.41, 5.74) is 3.27. The number of unbranched alkanes of at least 4 members (excludes halogenated alkanes) is 6. The van der Waals surface area contributed by atoms with Gasteiger partial charge in [-0.1, -0.05) is 43.5 Å². The molecule has 0 spiro atoms. The molecule has 7 nitrogen and oxygen atoms in total. The summed E-state index contributed by atoms with van der Waals surface area (Å²) in [7, 11) is 1.39. The quantitative estimate of drug-likeness (QED) is 0.127. The molecule has 172 valence electrons. The first kappa shape index (κ1) is 26.4. The minimum absolute atomic E-state index is 0.170. The van der Waals surface area contributed by atoms with Crippen molar-refractivity contribution in [2.75, 3.05) is 7.11 Å². The molecule has 2 amide bonds. The molecule has 1 rings (SSSR count). The van der Waals surface area contributed by atoms with Gasteiger partial charge in [-0.25, -0.2) is 10.3 Å². The highest BCUT2D eigenvalue weighted by Crippen LogP contribution is 2.11. The molecule has 0 bridgehead atoms. The van der Waals surface area contributed by atoms with Gasteiger partial charge in [-0.05, 0) is 63.1 Å². The van der Waals surface area contributed by atoms with Crippen LogP contribution in [-0.2, 0) is 20.7 Å². The first-order chi connectivity index (χ1) is 15.0. The molecule has 0 saturated heterocycles. The number of allylic oxidation sites excluding steroid dienone is 2. The van der Waals surface area contributed by atoms with Crippen molar-refractivity contribution in [3.63, 3.8) is 0 Å². The van der Waals surface area contributed by atoms with Gasteiger partial charge in [0.15, 0.2) is 0 Å². The van der Waals surface area contributed by atoms with Gasteiger partial charge in [0.05, 0.1) is 12.7 Å². The number of methoxy groups -OCH3 is 1. The molecule has 0 aliphatic heterocycles. The maximum absolute atomic E-state index is 11.7. The van der Waals surface area contributed by atoms with Gasteiger partial charge >= 0.3 is 5.97 Å². The number of ether oxygens (including phenoxy) is 1. The molecule has 0 aliphatic rings. The van der Waals surface area contributed by atoms with Crippen molar-refractivity contribution in [1.29, 1.82) is 0 Å². The zero-order chi connectivity index (χ0) is 22.9. The molecule has 0 radical (unpaired) electrons. The number of amides is 2. The lowest BCUT2D eigenvalue weighted by Gasteiger charge is -2.11. The van der Waals surface area contributed by atoms with E-state index in [0.717, 1.165) is 63.4 Å². The molecular weight excluding hydrogens is 396 g/mol. The third kappa shape index (κ3) is 11.9. The first-order valence-corrected chi connectivity index (χ1v) is 11.0. The van der Waals surface area contributed by atoms with Crippen LogP contribution >= 0.6 is 0 Å². The molecule has 1 atom stereocenters. The van der Waals surface area contributed by atoms with Crippen LogP contribution in [0.15, 0.2) is 36.4 Å². The Hall–Kier alpha value is -2.67. The Balaban J connectivity index is 2.01. The van der Waals surface area contributed by atoms with Crippen LogP contribution in [0.4, 0.5) is 0 Å². The summed E-state index contributed by atoms with van der Waals surface area (Å²) in [6.07, 6.45) is 14.0. The van der Waals surface area contributed by atoms with Crippen LogP contribution in [0.1, 0.15) is 80.6 Å². The minimum Gasteiger partial charge on any atom is -0.465 e. The van der Waals surface area contributed by atoms with E-state index in [1.54, 1.807) is 6.07 Å². The standard InChI is InChI=1S/C24H36N2O5/c1-19(23(28)26-30)25-22(27)17-12-10-8-6-4-3-5-7-9-11-14-20-15-13-16-21(18-20)24(29)31-2/h5,7,13,15-16,18-19,30H,3-4,6,8-12,14,17H2,1-2H3,(H,25,27)(H,26,28)/b7-5+. The van der Waals surface area contributed by atoms with E-state index in [9.17, 15) is 14.4 Å². The van der Waals surface area contributed by atoms with Crippen LogP contribution in [0.5, 0.6) is 0 Å². The molecule has 0 aromatic heterocycles. The van der Waals surface area contributed by atoms with Gasteiger partial charge in [0, 0.05) is 6.42 Å². The van der Waals surface area contributed by atoms with Crippen LogP contribution in [0.3, 0.4) is 0 Å². The van der Waals surface area contributed by atoms with E-state index < -0.39 is 11.9 Å². The Kier molecular flexibility index (Phi) is 13.7. The van der Waals surface area contributed by atoms with Crippen molar-refractivity contribution >= 4 is 17.8 Å². The van der Waals surface area contributed by atoms with E-state index in [1.165, 1.54) is 19.5 Å². The number of esters is 1. The number of rotatable bonds is 15. The smallest absolute Gasteiger partial charge is 0.337 e. The molecule has 7 heteroatoms. The van der Waals surface area contributed by atoms with E-state index in [1.807, 2.05) is 18.2 Å². The fourth-order valence-electron chi connectivity index (χ4n) is 3.19. The van der Waals surface area contributed by atoms with Crippen molar-refractivity contribution in [1.82, 2.24) is 10.8 Å². The van der Waals surface area contributed by atoms with E-state index >= 15 is 0 Å². The summed E-state index contributed by atoms with van der Waals surface area (Å²) in [5.74, 6) is -1.09. The predicted octanol–water partition coefficient (Wildman–Crippen LogP) is 4.09. The summed E-state index contributed by atoms with van der Waals surface area (Å²) >= 11 is 0. The number of nitrogens with one attached hydrogen (secondary N) is 2. The lowest BCUT2D eigenvalue weighted by molar-refractivity contribution is -0.134. The molecule has 1 aromatic rings. The van der Waals surface area contributed by atoms with Crippen LogP contribution in [0, 0.1) is 0 Å². The van der Waals surface area contributed by atoms with Gasteiger partial charge in [0.2, 0.25) is 5.91 Å². The number of benzene rings is 1. The zero-order valence-electron chi connectivity index (χ0n) is 18.7. The second-order valence-electron chi connectivity index (χ2n) is 7.63. The third-order valence-electron chi connectivity index (χ3n) is 5.01. The van der Waals surface area contributed by atoms with Crippen LogP contribution < -0.4 is 10.8 Å². The topological polar surface area (TPSA) is 105 Å². The Morgan fingerprint density at radius 3 is 2.42 bits per heavy atom. The van der Waals surface area contributed by atoms with Crippen molar-refractivity contribution in [3.8, 4) is 0 Å². The van der Waals surface area contributed by atoms with E-state index in [0.29, 0.717) is 12.0 Å². The third-order valence-corrected chi connectivity index (χ3v) is 5.01. The van der Waals surface area contributed by atoms with Crippen molar-refractivity contribution < 1.29 is 24.3 Å². The Bertz CT molecular complexity index is 718. The highest BCUT2D eigenvalue weighted by atomic mass is 16.5. The number of hydrogen-bond donors (Lipinski definition) is 3. The van der Waals surface area contributed by atoms with Gasteiger partial charge in [-0.15, -0.1) is 0 Å². The Morgan fingerprint density at radius 1 is 1.03 bits per heavy atom. The highest BCUT2D eigenvalue weighted by molar-refractivity contribution is 5.89. The summed E-state index contributed by atoms with van der Waals surface area (Å²) in [6, 6.07) is 6.86. The summed E-state index contributed by atoms with van der Waals surface area (Å²) in [6.45, 7) is 1.53. The summed E-state index contributed by atoms with van der Waals surface area (Å²) < 4.78 is 4.75. The molecule has 1 unspecified atom stereocenters. The predicted molar refractivity (Wildman–Crippen MR) is 120 cm³/mol. The summed E-state index contributed by atoms with van der Waals surface area (Å²) in [5, 5.41) is 11.1. The highest BCUT2D eigenvalue weighted by Gasteiger charge is 2.13. The lowest BCUT2D eigenvalue weighted by Crippen LogP contribution is -2.43. The summed E-state index contributed by atoms with van der Waals surface area (Å²) in [4.78, 5) is 34.4. The number of hydrogen-bond acceptors (Lipinski definition) is 5. The van der Waals surface area contributed by atoms with Crippen LogP contribution in [0.2, 0.25) is 0 Å². The largest absolute Gasteiger partial charge is 0.465 e. The number of hydroxylamine groups is 1. The molecular formula is C24H36N2O5. The molecule has 31 heavy (non-hydrogen) atoms. The maximum atomic E-state index is 11.7. The second kappa shape index (κ2) is 16.1. The van der Waals surface area contributed by atoms with Gasteiger partial charge in [-0.2, -0.15) is 0 Å². The van der Waals surface area contributed by atoms with E-state index in [2.05, 4.69) is 17.5 Å². The average Bonchev–Trinajstić information content (AvgIpc) is 2.78.